The molecule has 0 spiro atoms. The van der Waals surface area contributed by atoms with Crippen molar-refractivity contribution in [2.75, 3.05) is 44.7 Å². The second kappa shape index (κ2) is 7.59. The van der Waals surface area contributed by atoms with Gasteiger partial charge in [0, 0.05) is 23.4 Å². The smallest absolute Gasteiger partial charge is 0.223 e. The van der Waals surface area contributed by atoms with Crippen LogP contribution in [0.1, 0.15) is 33.3 Å². The highest BCUT2D eigenvalue weighted by atomic mass is 32.1. The summed E-state index contributed by atoms with van der Waals surface area (Å²) in [5.74, 6) is 1.04. The Balaban J connectivity index is 1.40. The Kier molecular flexibility index (Phi) is 5.05. The second-order valence-electron chi connectivity index (χ2n) is 6.64. The van der Waals surface area contributed by atoms with Crippen LogP contribution in [0.25, 0.3) is 0 Å². The lowest BCUT2D eigenvalue weighted by atomic mass is 9.86. The van der Waals surface area contributed by atoms with E-state index in [9.17, 15) is 4.79 Å². The van der Waals surface area contributed by atoms with Crippen molar-refractivity contribution in [3.63, 3.8) is 0 Å². The van der Waals surface area contributed by atoms with E-state index in [4.69, 9.17) is 4.74 Å². The monoisotopic (exact) mass is 359 g/mol. The lowest BCUT2D eigenvalue weighted by Gasteiger charge is -2.24. The lowest BCUT2D eigenvalue weighted by Crippen LogP contribution is -3.14. The number of quaternary nitrogens is 1. The first-order valence-electron chi connectivity index (χ1n) is 8.87. The van der Waals surface area contributed by atoms with Gasteiger partial charge in [0.25, 0.3) is 0 Å². The minimum absolute atomic E-state index is 0.156. The molecule has 132 valence electrons. The van der Waals surface area contributed by atoms with Crippen molar-refractivity contribution in [2.45, 2.75) is 18.8 Å². The molecule has 25 heavy (non-hydrogen) atoms. The number of hydrogen-bond donors (Lipinski definition) is 2. The summed E-state index contributed by atoms with van der Waals surface area (Å²) in [6, 6.07) is 4.15. The van der Waals surface area contributed by atoms with E-state index >= 15 is 0 Å². The van der Waals surface area contributed by atoms with E-state index in [2.05, 4.69) is 26.7 Å². The maximum absolute atomic E-state index is 12.4. The van der Waals surface area contributed by atoms with Crippen molar-refractivity contribution in [1.29, 1.82) is 0 Å². The average Bonchev–Trinajstić information content (AvgIpc) is 3.17. The van der Waals surface area contributed by atoms with Gasteiger partial charge >= 0.3 is 0 Å². The first-order chi connectivity index (χ1) is 12.3. The van der Waals surface area contributed by atoms with E-state index in [-0.39, 0.29) is 11.7 Å². The molecule has 0 amide bonds. The van der Waals surface area contributed by atoms with Crippen LogP contribution in [0.4, 0.5) is 5.95 Å². The molecule has 1 fully saturated rings. The Bertz CT molecular complexity index is 729. The third-order valence-electron chi connectivity index (χ3n) is 4.95. The fourth-order valence-corrected chi connectivity index (χ4v) is 4.35. The van der Waals surface area contributed by atoms with E-state index in [0.717, 1.165) is 51.5 Å². The molecule has 1 aliphatic heterocycles. The molecule has 2 aromatic rings. The summed E-state index contributed by atoms with van der Waals surface area (Å²) in [6.07, 6.45) is 3.07. The Morgan fingerprint density at radius 1 is 1.32 bits per heavy atom. The minimum Gasteiger partial charge on any atom is -0.370 e. The van der Waals surface area contributed by atoms with Crippen molar-refractivity contribution in [1.82, 2.24) is 9.97 Å². The van der Waals surface area contributed by atoms with Crippen LogP contribution in [0.2, 0.25) is 0 Å². The van der Waals surface area contributed by atoms with Gasteiger partial charge in [-0.15, -0.1) is 11.3 Å². The van der Waals surface area contributed by atoms with Crippen molar-refractivity contribution in [3.05, 3.63) is 39.8 Å². The van der Waals surface area contributed by atoms with E-state index in [1.165, 1.54) is 4.88 Å². The number of carbonyl (C=O) groups excluding carboxylic acids is 1. The molecule has 0 aromatic carbocycles. The molecule has 1 saturated heterocycles. The fraction of sp³-hybridized carbons (Fsp3) is 0.500. The summed E-state index contributed by atoms with van der Waals surface area (Å²) in [5, 5.41) is 5.38. The van der Waals surface area contributed by atoms with Crippen LogP contribution in [-0.2, 0) is 11.2 Å². The fourth-order valence-electron chi connectivity index (χ4n) is 3.52. The van der Waals surface area contributed by atoms with Crippen molar-refractivity contribution >= 4 is 23.1 Å². The van der Waals surface area contributed by atoms with E-state index in [0.29, 0.717) is 17.9 Å². The summed E-state index contributed by atoms with van der Waals surface area (Å²) < 4.78 is 5.38. The molecule has 2 N–H and O–H groups in total. The number of nitrogens with zero attached hydrogens (tertiary/aromatic N) is 2. The van der Waals surface area contributed by atoms with Gasteiger partial charge in [0.2, 0.25) is 5.95 Å². The molecule has 1 aliphatic carbocycles. The maximum Gasteiger partial charge on any atom is 0.223 e. The highest BCUT2D eigenvalue weighted by Crippen LogP contribution is 2.34. The zero-order chi connectivity index (χ0) is 17.1. The number of fused-ring (bicyclic) bond motifs is 1. The molecule has 0 radical (unpaired) electrons. The number of ketones is 1. The third-order valence-corrected chi connectivity index (χ3v) is 5.98. The van der Waals surface area contributed by atoms with Crippen LogP contribution >= 0.6 is 11.3 Å². The molecule has 7 heteroatoms. The normalized spacial score (nSPS) is 21.1. The minimum atomic E-state index is 0.156. The van der Waals surface area contributed by atoms with Gasteiger partial charge in [0.15, 0.2) is 5.78 Å². The Morgan fingerprint density at radius 2 is 2.20 bits per heavy atom. The van der Waals surface area contributed by atoms with Crippen LogP contribution in [0.5, 0.6) is 0 Å². The Labute approximate surface area is 151 Å². The van der Waals surface area contributed by atoms with Gasteiger partial charge in [0.05, 0.1) is 37.6 Å². The largest absolute Gasteiger partial charge is 0.370 e. The van der Waals surface area contributed by atoms with Crippen LogP contribution in [0, 0.1) is 0 Å². The summed E-state index contributed by atoms with van der Waals surface area (Å²) in [6.45, 7) is 5.66. The SMILES string of the molecule is O=C1C[C@H](c2cccs2)Cc2nc(NCC[NH+]3CCOCC3)ncc21. The van der Waals surface area contributed by atoms with Crippen molar-refractivity contribution < 1.29 is 14.4 Å². The molecule has 2 aromatic heterocycles. The lowest BCUT2D eigenvalue weighted by molar-refractivity contribution is -0.906. The topological polar surface area (TPSA) is 68.5 Å². The molecule has 6 nitrogen and oxygen atoms in total. The summed E-state index contributed by atoms with van der Waals surface area (Å²) in [7, 11) is 0. The molecule has 1 atom stereocenters. The average molecular weight is 359 g/mol. The molecule has 2 aliphatic rings. The first kappa shape index (κ1) is 16.6. The van der Waals surface area contributed by atoms with E-state index < -0.39 is 0 Å². The molecular weight excluding hydrogens is 336 g/mol. The van der Waals surface area contributed by atoms with Gasteiger partial charge in [-0.05, 0) is 17.9 Å². The molecular formula is C18H23N4O2S+. The summed E-state index contributed by atoms with van der Waals surface area (Å²) in [4.78, 5) is 24.2. The van der Waals surface area contributed by atoms with Gasteiger partial charge in [0.1, 0.15) is 13.1 Å². The van der Waals surface area contributed by atoms with Gasteiger partial charge in [-0.25, -0.2) is 9.97 Å². The number of nitrogens with one attached hydrogen (secondary N) is 2. The van der Waals surface area contributed by atoms with E-state index in [1.807, 2.05) is 6.07 Å². The summed E-state index contributed by atoms with van der Waals surface area (Å²) in [5.41, 5.74) is 1.57. The van der Waals surface area contributed by atoms with Crippen molar-refractivity contribution in [3.8, 4) is 0 Å². The Hall–Kier alpha value is -1.83. The van der Waals surface area contributed by atoms with Gasteiger partial charge in [-0.1, -0.05) is 6.07 Å². The number of thiophene rings is 1. The zero-order valence-corrected chi connectivity index (χ0v) is 15.0. The first-order valence-corrected chi connectivity index (χ1v) is 9.75. The molecule has 0 unspecified atom stereocenters. The number of hydrogen-bond acceptors (Lipinski definition) is 6. The number of carbonyl (C=O) groups is 1. The van der Waals surface area contributed by atoms with E-state index in [1.54, 1.807) is 22.4 Å². The molecule has 0 saturated carbocycles. The standard InChI is InChI=1S/C18H22N4O2S/c23-16-11-13(17-2-1-9-25-17)10-15-14(16)12-20-18(21-15)19-3-4-22-5-7-24-8-6-22/h1-2,9,12-13H,3-8,10-11H2,(H,19,20,21)/p+1/t13-/m1/s1. The highest BCUT2D eigenvalue weighted by Gasteiger charge is 2.28. The van der Waals surface area contributed by atoms with Gasteiger partial charge < -0.3 is 15.0 Å². The number of anilines is 1. The number of ether oxygens (including phenoxy) is 1. The predicted octanol–water partition coefficient (Wildman–Crippen LogP) is 0.778. The maximum atomic E-state index is 12.4. The van der Waals surface area contributed by atoms with Crippen LogP contribution < -0.4 is 10.2 Å². The van der Waals surface area contributed by atoms with Gasteiger partial charge in [-0.3, -0.25) is 4.79 Å². The molecule has 3 heterocycles. The number of rotatable bonds is 5. The molecule has 4 rings (SSSR count). The summed E-state index contributed by atoms with van der Waals surface area (Å²) >= 11 is 1.72. The quantitative estimate of drug-likeness (QED) is 0.826. The predicted molar refractivity (Wildman–Crippen MR) is 96.6 cm³/mol. The number of aromatic nitrogens is 2. The molecule has 0 bridgehead atoms. The van der Waals surface area contributed by atoms with Crippen LogP contribution in [0.15, 0.2) is 23.7 Å². The third kappa shape index (κ3) is 3.89. The Morgan fingerprint density at radius 3 is 3.00 bits per heavy atom. The number of morpholine rings is 1. The number of Topliss-reactive ketones (excluding diaryl/α,β-unsaturated/α-hetero) is 1. The zero-order valence-electron chi connectivity index (χ0n) is 14.2. The van der Waals surface area contributed by atoms with Crippen LogP contribution in [-0.4, -0.2) is 55.1 Å². The van der Waals surface area contributed by atoms with Crippen LogP contribution in [0.3, 0.4) is 0 Å². The van der Waals surface area contributed by atoms with Crippen molar-refractivity contribution in [2.24, 2.45) is 0 Å². The second-order valence-corrected chi connectivity index (χ2v) is 7.62. The highest BCUT2D eigenvalue weighted by molar-refractivity contribution is 7.10. The van der Waals surface area contributed by atoms with Gasteiger partial charge in [-0.2, -0.15) is 0 Å².